The van der Waals surface area contributed by atoms with Crippen LogP contribution < -0.4 is 15.0 Å². The number of hydrogen-bond acceptors (Lipinski definition) is 7. The summed E-state index contributed by atoms with van der Waals surface area (Å²) in [4.78, 5) is 29.0. The van der Waals surface area contributed by atoms with Gasteiger partial charge in [-0.3, -0.25) is 0 Å². The number of aliphatic carboxylic acids is 2. The van der Waals surface area contributed by atoms with Crippen molar-refractivity contribution in [1.29, 1.82) is 0 Å². The van der Waals surface area contributed by atoms with Crippen LogP contribution >= 0.6 is 24.3 Å². The number of imidazole rings is 2. The zero-order chi connectivity index (χ0) is 31.1. The Hall–Kier alpha value is -3.14. The van der Waals surface area contributed by atoms with Crippen molar-refractivity contribution in [1.82, 2.24) is 9.13 Å². The molecule has 2 aliphatic heterocycles. The lowest BCUT2D eigenvalue weighted by Crippen LogP contribution is -2.48. The second-order valence-electron chi connectivity index (χ2n) is 11.7. The van der Waals surface area contributed by atoms with Crippen molar-refractivity contribution >= 4 is 41.1 Å². The molecule has 14 heteroatoms. The minimum absolute atomic E-state index is 0.0227. The number of fused-ring (bicyclic) bond motifs is 5. The van der Waals surface area contributed by atoms with Crippen molar-refractivity contribution in [3.05, 3.63) is 66.3 Å². The maximum absolute atomic E-state index is 11.5. The molecule has 0 amide bonds. The Labute approximate surface area is 266 Å². The first kappa shape index (κ1) is 32.3. The molecule has 0 bridgehead atoms. The largest absolute Gasteiger partial charge is 0.478 e. The van der Waals surface area contributed by atoms with Crippen LogP contribution in [0.5, 0.6) is 0 Å². The molecular weight excluding hydrogens is 605 g/mol. The average molecular weight is 646 g/mol. The fourth-order valence-electron chi connectivity index (χ4n) is 6.68. The van der Waals surface area contributed by atoms with E-state index in [9.17, 15) is 19.8 Å². The van der Waals surface area contributed by atoms with E-state index in [1.54, 1.807) is 0 Å². The van der Waals surface area contributed by atoms with Crippen molar-refractivity contribution in [3.8, 4) is 0 Å². The van der Waals surface area contributed by atoms with Gasteiger partial charge in [-0.15, -0.1) is 18.5 Å². The highest BCUT2D eigenvalue weighted by molar-refractivity contribution is 7.94. The number of unbranched alkanes of at least 4 members (excludes halogenated alkanes) is 6. The number of thiocarbonyl (C=S) groups is 1. The van der Waals surface area contributed by atoms with Gasteiger partial charge in [0.1, 0.15) is 24.8 Å². The molecule has 0 fully saturated rings. The van der Waals surface area contributed by atoms with E-state index in [2.05, 4.69) is 18.5 Å². The van der Waals surface area contributed by atoms with Gasteiger partial charge in [0.15, 0.2) is 26.2 Å². The van der Waals surface area contributed by atoms with Crippen molar-refractivity contribution < 1.29 is 42.7 Å². The Morgan fingerprint density at radius 3 is 2.00 bits per heavy atom. The standard InChI is InChI=1S/C30H39N6O6S2/c31-41-42-44-25-11-9-23(10-12-25)18-24(43)8-6-4-2-1-3-5-7-17-36-21-26-32(19-28(37)38)13-15-34(26)30(36)35-16-14-33(20-29(39)40)27(35)22-36/h9-16,30H,1-8,17-22,31H2/q+1/p+2. The van der Waals surface area contributed by atoms with Crippen molar-refractivity contribution in [2.75, 3.05) is 6.54 Å². The van der Waals surface area contributed by atoms with Crippen LogP contribution in [0.2, 0.25) is 0 Å². The number of carboxylic acids is 2. The van der Waals surface area contributed by atoms with Crippen LogP contribution in [0.25, 0.3) is 0 Å². The van der Waals surface area contributed by atoms with Crippen LogP contribution in [0.3, 0.4) is 0 Å². The number of carboxylic acid groups (broad SMARTS) is 2. The molecule has 0 unspecified atom stereocenters. The van der Waals surface area contributed by atoms with Gasteiger partial charge in [0.2, 0.25) is 0 Å². The van der Waals surface area contributed by atoms with E-state index in [0.717, 1.165) is 89.7 Å². The lowest BCUT2D eigenvalue weighted by molar-refractivity contribution is -0.982. The van der Waals surface area contributed by atoms with Crippen molar-refractivity contribution in [3.63, 3.8) is 0 Å². The molecule has 12 nitrogen and oxygen atoms in total. The summed E-state index contributed by atoms with van der Waals surface area (Å²) in [6, 6.07) is 8.01. The molecule has 5 rings (SSSR count). The van der Waals surface area contributed by atoms with Crippen LogP contribution in [-0.4, -0.2) is 47.2 Å². The number of nitrogens with two attached hydrogens (primary N) is 1. The topological polar surface area (TPSA) is 137 Å². The number of quaternary nitrogens is 1. The molecule has 0 aliphatic carbocycles. The van der Waals surface area contributed by atoms with Crippen LogP contribution in [-0.2, 0) is 51.5 Å². The summed E-state index contributed by atoms with van der Waals surface area (Å²) >= 11 is 6.69. The number of rotatable bonds is 19. The maximum Gasteiger partial charge on any atom is 0.380 e. The predicted octanol–water partition coefficient (Wildman–Crippen LogP) is 3.44. The molecule has 0 saturated heterocycles. The monoisotopic (exact) mass is 645 g/mol. The Bertz CT molecular complexity index is 1410. The number of carbonyl (C=O) groups is 2. The van der Waals surface area contributed by atoms with E-state index in [0.29, 0.717) is 0 Å². The summed E-state index contributed by atoms with van der Waals surface area (Å²) in [6.45, 7) is 2.27. The molecule has 0 atom stereocenters. The molecule has 0 saturated carbocycles. The van der Waals surface area contributed by atoms with Gasteiger partial charge in [0, 0.05) is 11.3 Å². The average Bonchev–Trinajstić information content (AvgIpc) is 3.70. The lowest BCUT2D eigenvalue weighted by atomic mass is 10.0. The Morgan fingerprint density at radius 1 is 0.909 bits per heavy atom. The van der Waals surface area contributed by atoms with E-state index in [4.69, 9.17) is 18.1 Å². The number of nitrogens with zero attached hydrogens (tertiary/aromatic N) is 5. The molecule has 236 valence electrons. The highest BCUT2D eigenvalue weighted by atomic mass is 32.2. The van der Waals surface area contributed by atoms with E-state index >= 15 is 0 Å². The number of benzene rings is 1. The molecule has 44 heavy (non-hydrogen) atoms. The molecule has 3 aromatic rings. The second-order valence-corrected chi connectivity index (χ2v) is 13.1. The number of aromatic nitrogens is 4. The first-order valence-corrected chi connectivity index (χ1v) is 16.2. The van der Waals surface area contributed by atoms with Gasteiger partial charge in [-0.25, -0.2) is 23.2 Å². The molecule has 2 aliphatic rings. The number of hydrogen-bond donors (Lipinski definition) is 3. The zero-order valence-corrected chi connectivity index (χ0v) is 26.4. The first-order chi connectivity index (χ1) is 21.3. The minimum atomic E-state index is -0.860. The quantitative estimate of drug-likeness (QED) is 0.0341. The van der Waals surface area contributed by atoms with E-state index in [1.165, 1.54) is 31.2 Å². The third-order valence-electron chi connectivity index (χ3n) is 8.64. The van der Waals surface area contributed by atoms with Crippen molar-refractivity contribution in [2.24, 2.45) is 5.90 Å². The molecule has 4 heterocycles. The van der Waals surface area contributed by atoms with Crippen molar-refractivity contribution in [2.45, 2.75) is 95.2 Å². The second kappa shape index (κ2) is 14.8. The summed E-state index contributed by atoms with van der Waals surface area (Å²) in [5.74, 6) is 5.15. The molecular formula is C30H41N6O6S2+3. The van der Waals surface area contributed by atoms with E-state index < -0.39 is 11.9 Å². The fraction of sp³-hybridized carbons (Fsp3) is 0.500. The summed E-state index contributed by atoms with van der Waals surface area (Å²) in [5, 5.41) is 18.8. The van der Waals surface area contributed by atoms with Crippen LogP contribution in [0.15, 0.2) is 53.9 Å². The Balaban J connectivity index is 1.05. The van der Waals surface area contributed by atoms with Crippen LogP contribution in [0.1, 0.15) is 74.9 Å². The van der Waals surface area contributed by atoms with Gasteiger partial charge in [0.05, 0.1) is 18.6 Å². The normalized spacial score (nSPS) is 18.2. The molecule has 0 radical (unpaired) electrons. The summed E-state index contributed by atoms with van der Waals surface area (Å²) in [5.41, 5.74) is 1.19. The van der Waals surface area contributed by atoms with Crippen LogP contribution in [0.4, 0.5) is 0 Å². The maximum atomic E-state index is 11.5. The van der Waals surface area contributed by atoms with Gasteiger partial charge < -0.3 is 10.2 Å². The van der Waals surface area contributed by atoms with Gasteiger partial charge in [0.25, 0.3) is 0 Å². The minimum Gasteiger partial charge on any atom is -0.478 e. The summed E-state index contributed by atoms with van der Waals surface area (Å²) in [6.07, 6.45) is 17.4. The molecule has 2 aromatic heterocycles. The fourth-order valence-corrected chi connectivity index (χ4v) is 7.35. The molecule has 0 spiro atoms. The van der Waals surface area contributed by atoms with Gasteiger partial charge in [-0.05, 0) is 48.2 Å². The third-order valence-corrected chi connectivity index (χ3v) is 9.60. The zero-order valence-electron chi connectivity index (χ0n) is 24.8. The van der Waals surface area contributed by atoms with E-state index in [-0.39, 0.29) is 19.4 Å². The highest BCUT2D eigenvalue weighted by Crippen LogP contribution is 2.42. The predicted molar refractivity (Wildman–Crippen MR) is 163 cm³/mol. The highest BCUT2D eigenvalue weighted by Gasteiger charge is 2.62. The van der Waals surface area contributed by atoms with Gasteiger partial charge in [-0.1, -0.05) is 50.0 Å². The smallest absolute Gasteiger partial charge is 0.380 e. The lowest BCUT2D eigenvalue weighted by Gasteiger charge is -2.28. The van der Waals surface area contributed by atoms with Gasteiger partial charge in [-0.2, -0.15) is 5.90 Å². The summed E-state index contributed by atoms with van der Waals surface area (Å²) in [7, 11) is 0. The Kier molecular flexibility index (Phi) is 10.8. The van der Waals surface area contributed by atoms with Crippen LogP contribution in [0, 0.1) is 0 Å². The van der Waals surface area contributed by atoms with E-state index in [1.807, 2.05) is 58.2 Å². The SMILES string of the molecule is NOOSc1ccc(CC(=S)CCCCCCCCC[N+]23Cc4n(cc[n+]4CC(=O)O)C2n2cc[n+](CC(=O)O)c2C3)cc1. The molecule has 4 N–H and O–H groups in total. The first-order valence-electron chi connectivity index (χ1n) is 15.1. The summed E-state index contributed by atoms with van der Waals surface area (Å²) < 4.78 is 13.4. The Morgan fingerprint density at radius 2 is 1.45 bits per heavy atom. The third kappa shape index (κ3) is 7.56. The molecule has 1 aromatic carbocycles. The van der Waals surface area contributed by atoms with Gasteiger partial charge >= 0.3 is 29.9 Å².